The fourth-order valence-electron chi connectivity index (χ4n) is 3.32. The molecule has 0 N–H and O–H groups in total. The van der Waals surface area contributed by atoms with Gasteiger partial charge in [0.1, 0.15) is 0 Å². The molecular formula is C21H22Cl2NTi. The number of benzene rings is 2. The number of allylic oxidation sites excluding steroid dienone is 4. The molecule has 25 heavy (non-hydrogen) atoms. The summed E-state index contributed by atoms with van der Waals surface area (Å²) >= 11 is 2.18. The van der Waals surface area contributed by atoms with Gasteiger partial charge in [0.2, 0.25) is 0 Å². The number of anilines is 1. The minimum Gasteiger partial charge on any atom is -1.00 e. The summed E-state index contributed by atoms with van der Waals surface area (Å²) in [5.74, 6) is 0. The van der Waals surface area contributed by atoms with Gasteiger partial charge in [-0.1, -0.05) is 0 Å². The molecule has 4 heteroatoms. The van der Waals surface area contributed by atoms with E-state index in [1.165, 1.54) is 33.5 Å². The maximum Gasteiger partial charge on any atom is -1.00 e. The molecule has 0 bridgehead atoms. The van der Waals surface area contributed by atoms with Gasteiger partial charge in [-0.15, -0.1) is 0 Å². The van der Waals surface area contributed by atoms with Gasteiger partial charge in [-0.25, -0.2) is 0 Å². The largest absolute Gasteiger partial charge is 1.00 e. The monoisotopic (exact) mass is 406 g/mol. The molecule has 0 fully saturated rings. The average molecular weight is 407 g/mol. The number of hydrogen-bond donors (Lipinski definition) is 0. The third-order valence-electron chi connectivity index (χ3n) is 4.55. The first-order chi connectivity index (χ1) is 11.1. The van der Waals surface area contributed by atoms with Gasteiger partial charge in [-0.2, -0.15) is 0 Å². The Bertz CT molecular complexity index is 768. The predicted molar refractivity (Wildman–Crippen MR) is 94.7 cm³/mol. The summed E-state index contributed by atoms with van der Waals surface area (Å²) in [6.45, 7) is 6.74. The first-order valence-corrected chi connectivity index (χ1v) is 8.79. The van der Waals surface area contributed by atoms with Crippen LogP contribution in [0.15, 0.2) is 71.8 Å². The topological polar surface area (TPSA) is 3.24 Å². The molecule has 2 aromatic carbocycles. The van der Waals surface area contributed by atoms with Crippen LogP contribution >= 0.6 is 0 Å². The van der Waals surface area contributed by atoms with Crippen LogP contribution in [0.25, 0.3) is 5.57 Å². The van der Waals surface area contributed by atoms with Gasteiger partial charge in [0.15, 0.2) is 0 Å². The Balaban J connectivity index is 0.00000156. The standard InChI is InChI=1S/C21H22N.2ClH.Ti/c1-15-13-16(2)21(14-15)20-12-8-7-11-19(20)17(3)22-18-9-5-4-6-10-18;;;/h4-13,17H,14H2,1-3H3;2*1H;/q-1;;;+3/p-2. The van der Waals surface area contributed by atoms with Crippen LogP contribution in [0.1, 0.15) is 44.4 Å². The first kappa shape index (κ1) is 22.1. The van der Waals surface area contributed by atoms with E-state index in [2.05, 4.69) is 106 Å². The number of hydrogen-bond acceptors (Lipinski definition) is 1. The molecule has 0 heterocycles. The maximum atomic E-state index is 2.35. The van der Waals surface area contributed by atoms with Crippen molar-refractivity contribution in [1.82, 2.24) is 0 Å². The van der Waals surface area contributed by atoms with Crippen molar-refractivity contribution in [3.8, 4) is 0 Å². The molecule has 0 saturated heterocycles. The molecular weight excluding hydrogens is 385 g/mol. The van der Waals surface area contributed by atoms with Crippen LogP contribution < -0.4 is 28.2 Å². The van der Waals surface area contributed by atoms with Gasteiger partial charge in [-0.05, 0) is 0 Å². The quantitative estimate of drug-likeness (QED) is 0.638. The Morgan fingerprint density at radius 2 is 1.52 bits per heavy atom. The molecule has 1 nitrogen and oxygen atoms in total. The Hall–Kier alpha value is -0.986. The zero-order valence-corrected chi connectivity index (χ0v) is 17.8. The zero-order valence-electron chi connectivity index (χ0n) is 14.8. The first-order valence-electron chi connectivity index (χ1n) is 8.09. The van der Waals surface area contributed by atoms with Crippen molar-refractivity contribution in [3.05, 3.63) is 82.9 Å². The van der Waals surface area contributed by atoms with E-state index in [0.717, 1.165) is 6.42 Å². The molecule has 129 valence electrons. The minimum atomic E-state index is 0. The summed E-state index contributed by atoms with van der Waals surface area (Å²) in [7, 11) is 0. The van der Waals surface area contributed by atoms with E-state index in [-0.39, 0.29) is 24.8 Å². The van der Waals surface area contributed by atoms with Gasteiger partial charge in [0, 0.05) is 0 Å². The summed E-state index contributed by atoms with van der Waals surface area (Å²) < 4.78 is 2.35. The summed E-state index contributed by atoms with van der Waals surface area (Å²) in [5.41, 5.74) is 8.39. The molecule has 0 aromatic heterocycles. The van der Waals surface area contributed by atoms with Gasteiger partial charge in [-0.3, -0.25) is 0 Å². The van der Waals surface area contributed by atoms with Gasteiger partial charge >= 0.3 is 152 Å². The smallest absolute Gasteiger partial charge is 1.00 e. The van der Waals surface area contributed by atoms with E-state index in [0.29, 0.717) is 6.04 Å². The van der Waals surface area contributed by atoms with Crippen LogP contribution in [0, 0.1) is 0 Å². The molecule has 0 spiro atoms. The summed E-state index contributed by atoms with van der Waals surface area (Å²) in [4.78, 5) is 0. The van der Waals surface area contributed by atoms with Gasteiger partial charge < -0.3 is 24.8 Å². The molecule has 1 aliphatic carbocycles. The molecule has 0 saturated carbocycles. The fraction of sp³-hybridized carbons (Fsp3) is 0.238. The third kappa shape index (κ3) is 4.80. The molecule has 0 radical (unpaired) electrons. The van der Waals surface area contributed by atoms with E-state index in [4.69, 9.17) is 0 Å². The Kier molecular flexibility index (Phi) is 8.50. The van der Waals surface area contributed by atoms with Crippen LogP contribution in [-0.2, 0) is 20.7 Å². The molecule has 0 aliphatic heterocycles. The van der Waals surface area contributed by atoms with E-state index >= 15 is 0 Å². The maximum absolute atomic E-state index is 2.35. The van der Waals surface area contributed by atoms with Crippen molar-refractivity contribution in [2.75, 3.05) is 3.38 Å². The van der Waals surface area contributed by atoms with E-state index in [9.17, 15) is 0 Å². The molecule has 1 aliphatic rings. The summed E-state index contributed by atoms with van der Waals surface area (Å²) in [6, 6.07) is 19.8. The van der Waals surface area contributed by atoms with E-state index in [1.54, 1.807) is 0 Å². The Morgan fingerprint density at radius 3 is 2.12 bits per heavy atom. The third-order valence-corrected chi connectivity index (χ3v) is 5.56. The van der Waals surface area contributed by atoms with Crippen LogP contribution in [0.2, 0.25) is 0 Å². The molecule has 2 aromatic rings. The second kappa shape index (κ2) is 9.64. The number of para-hydroxylation sites is 1. The van der Waals surface area contributed by atoms with Crippen molar-refractivity contribution in [2.45, 2.75) is 33.2 Å². The van der Waals surface area contributed by atoms with Crippen molar-refractivity contribution < 1.29 is 45.5 Å². The van der Waals surface area contributed by atoms with Crippen LogP contribution in [0.3, 0.4) is 0 Å². The van der Waals surface area contributed by atoms with Crippen LogP contribution in [0.4, 0.5) is 5.69 Å². The summed E-state index contributed by atoms with van der Waals surface area (Å²) in [6.07, 6.45) is 3.39. The average Bonchev–Trinajstić information content (AvgIpc) is 2.92. The van der Waals surface area contributed by atoms with Gasteiger partial charge in [0.25, 0.3) is 0 Å². The van der Waals surface area contributed by atoms with Crippen molar-refractivity contribution in [1.29, 1.82) is 0 Å². The molecule has 0 amide bonds. The Labute approximate surface area is 175 Å². The Morgan fingerprint density at radius 1 is 0.920 bits per heavy atom. The second-order valence-electron chi connectivity index (χ2n) is 6.30. The SMILES string of the molecule is CC1=CC(C)=C(c2ccccc2C(C)[N]([Ti+2])c2ccccc2)C1.[Cl-].[Cl-]. The van der Waals surface area contributed by atoms with Crippen molar-refractivity contribution in [2.24, 2.45) is 0 Å². The van der Waals surface area contributed by atoms with Crippen molar-refractivity contribution >= 4 is 11.3 Å². The number of halogens is 2. The van der Waals surface area contributed by atoms with Crippen LogP contribution in [-0.4, -0.2) is 0 Å². The number of nitrogens with zero attached hydrogens (tertiary/aromatic N) is 1. The molecule has 1 unspecified atom stereocenters. The normalized spacial score (nSPS) is 14.4. The zero-order chi connectivity index (χ0) is 16.4. The van der Waals surface area contributed by atoms with Gasteiger partial charge in [0.05, 0.1) is 0 Å². The molecule has 3 rings (SSSR count). The van der Waals surface area contributed by atoms with E-state index in [1.807, 2.05) is 0 Å². The minimum absolute atomic E-state index is 0. The van der Waals surface area contributed by atoms with Crippen LogP contribution in [0.5, 0.6) is 0 Å². The van der Waals surface area contributed by atoms with Crippen molar-refractivity contribution in [3.63, 3.8) is 0 Å². The summed E-state index contributed by atoms with van der Waals surface area (Å²) in [5, 5.41) is 0. The number of rotatable bonds is 4. The van der Waals surface area contributed by atoms with E-state index < -0.39 is 0 Å². The second-order valence-corrected chi connectivity index (χ2v) is 7.05. The fourth-order valence-corrected chi connectivity index (χ4v) is 3.77. The molecule has 1 atom stereocenters. The predicted octanol–water partition coefficient (Wildman–Crippen LogP) is -0.152.